The van der Waals surface area contributed by atoms with Crippen LogP contribution in [0.3, 0.4) is 0 Å². The minimum absolute atomic E-state index is 0.0800. The fourth-order valence-corrected chi connectivity index (χ4v) is 1.21. The number of aliphatic hydroxyl groups excluding tert-OH is 1. The first-order chi connectivity index (χ1) is 6.06. The predicted molar refractivity (Wildman–Crippen MR) is 46.3 cm³/mol. The van der Waals surface area contributed by atoms with Crippen molar-refractivity contribution in [2.75, 3.05) is 0 Å². The van der Waals surface area contributed by atoms with Gasteiger partial charge < -0.3 is 5.11 Å². The number of rotatable bonds is 2. The number of aliphatic hydroxyl groups is 1. The lowest BCUT2D eigenvalue weighted by Crippen LogP contribution is -2.01. The van der Waals surface area contributed by atoms with Gasteiger partial charge in [-0.05, 0) is 18.6 Å². The first-order valence-electron chi connectivity index (χ1n) is 3.82. The largest absolute Gasteiger partial charge is 0.384 e. The molecule has 1 unspecified atom stereocenters. The van der Waals surface area contributed by atoms with Gasteiger partial charge in [0.15, 0.2) is 0 Å². The highest BCUT2D eigenvalue weighted by Crippen LogP contribution is 2.22. The zero-order valence-corrected chi connectivity index (χ0v) is 7.22. The van der Waals surface area contributed by atoms with Crippen molar-refractivity contribution in [2.24, 2.45) is 0 Å². The first kappa shape index (κ1) is 9.86. The fraction of sp³-hybridized carbons (Fsp3) is 0.200. The number of aryl methyl sites for hydroxylation is 1. The maximum Gasteiger partial charge on any atom is 0.132 e. The minimum Gasteiger partial charge on any atom is -0.384 e. The summed E-state index contributed by atoms with van der Waals surface area (Å²) in [5, 5.41) is 9.30. The highest BCUT2D eigenvalue weighted by atomic mass is 19.1. The quantitative estimate of drug-likeness (QED) is 0.700. The van der Waals surface area contributed by atoms with E-state index < -0.39 is 17.7 Å². The molecule has 1 rings (SSSR count). The minimum atomic E-state index is -1.08. The number of hydrogen-bond donors (Lipinski definition) is 1. The Kier molecular flexibility index (Phi) is 2.78. The summed E-state index contributed by atoms with van der Waals surface area (Å²) in [4.78, 5) is 0. The number of halogens is 2. The molecule has 1 nitrogen and oxygen atoms in total. The maximum atomic E-state index is 13.1. The Morgan fingerprint density at radius 1 is 1.46 bits per heavy atom. The third-order valence-corrected chi connectivity index (χ3v) is 1.82. The molecule has 0 aromatic heterocycles. The molecule has 1 atom stereocenters. The smallest absolute Gasteiger partial charge is 0.132 e. The molecule has 3 heteroatoms. The van der Waals surface area contributed by atoms with Crippen LogP contribution in [0.4, 0.5) is 8.78 Å². The third-order valence-electron chi connectivity index (χ3n) is 1.82. The van der Waals surface area contributed by atoms with E-state index in [2.05, 4.69) is 6.58 Å². The average molecular weight is 184 g/mol. The van der Waals surface area contributed by atoms with E-state index in [0.717, 1.165) is 6.07 Å². The predicted octanol–water partition coefficient (Wildman–Crippen LogP) is 2.49. The van der Waals surface area contributed by atoms with Crippen LogP contribution in [0.2, 0.25) is 0 Å². The molecule has 0 saturated heterocycles. The second-order valence-electron chi connectivity index (χ2n) is 2.80. The van der Waals surface area contributed by atoms with Crippen LogP contribution in [-0.4, -0.2) is 5.11 Å². The Balaban J connectivity index is 3.28. The average Bonchev–Trinajstić information content (AvgIpc) is 2.02. The van der Waals surface area contributed by atoms with Gasteiger partial charge in [0.05, 0.1) is 6.10 Å². The van der Waals surface area contributed by atoms with Crippen molar-refractivity contribution in [2.45, 2.75) is 13.0 Å². The van der Waals surface area contributed by atoms with Crippen molar-refractivity contribution in [1.29, 1.82) is 0 Å². The van der Waals surface area contributed by atoms with Crippen molar-refractivity contribution >= 4 is 0 Å². The summed E-state index contributed by atoms with van der Waals surface area (Å²) < 4.78 is 25.7. The zero-order valence-electron chi connectivity index (χ0n) is 7.22. The molecule has 0 aliphatic rings. The van der Waals surface area contributed by atoms with Crippen LogP contribution >= 0.6 is 0 Å². The monoisotopic (exact) mass is 184 g/mol. The Hall–Kier alpha value is -1.22. The summed E-state index contributed by atoms with van der Waals surface area (Å²) in [6.45, 7) is 4.87. The summed E-state index contributed by atoms with van der Waals surface area (Å²) in [5.74, 6) is -1.39. The molecule has 1 aromatic carbocycles. The summed E-state index contributed by atoms with van der Waals surface area (Å²) in [6.07, 6.45) is 0.115. The van der Waals surface area contributed by atoms with Gasteiger partial charge in [-0.3, -0.25) is 0 Å². The lowest BCUT2D eigenvalue weighted by molar-refractivity contribution is 0.222. The molecule has 0 aliphatic heterocycles. The van der Waals surface area contributed by atoms with E-state index in [9.17, 15) is 13.9 Å². The standard InChI is InChI=1S/C10H10F2O/c1-3-9(13)10-6(2)4-7(11)5-8(10)12/h3-5,9,13H,1H2,2H3. The Bertz CT molecular complexity index is 311. The lowest BCUT2D eigenvalue weighted by Gasteiger charge is -2.10. The molecule has 0 amide bonds. The van der Waals surface area contributed by atoms with Gasteiger partial charge in [0.25, 0.3) is 0 Å². The number of hydrogen-bond acceptors (Lipinski definition) is 1. The van der Waals surface area contributed by atoms with Crippen LogP contribution in [0.5, 0.6) is 0 Å². The Morgan fingerprint density at radius 3 is 2.54 bits per heavy atom. The highest BCUT2D eigenvalue weighted by Gasteiger charge is 2.13. The summed E-state index contributed by atoms with van der Waals surface area (Å²) in [7, 11) is 0. The van der Waals surface area contributed by atoms with Crippen molar-refractivity contribution in [1.82, 2.24) is 0 Å². The fourth-order valence-electron chi connectivity index (χ4n) is 1.21. The van der Waals surface area contributed by atoms with E-state index in [1.807, 2.05) is 0 Å². The van der Waals surface area contributed by atoms with Gasteiger partial charge in [0.1, 0.15) is 11.6 Å². The van der Waals surface area contributed by atoms with Crippen LogP contribution in [0, 0.1) is 18.6 Å². The van der Waals surface area contributed by atoms with E-state index in [1.54, 1.807) is 0 Å². The Morgan fingerprint density at radius 2 is 2.08 bits per heavy atom. The molecule has 0 spiro atoms. The number of benzene rings is 1. The molecule has 13 heavy (non-hydrogen) atoms. The van der Waals surface area contributed by atoms with Crippen LogP contribution in [0.15, 0.2) is 24.8 Å². The van der Waals surface area contributed by atoms with Crippen molar-refractivity contribution < 1.29 is 13.9 Å². The molecule has 0 fully saturated rings. The molecule has 70 valence electrons. The van der Waals surface area contributed by atoms with Crippen LogP contribution in [0.1, 0.15) is 17.2 Å². The van der Waals surface area contributed by atoms with Gasteiger partial charge in [0, 0.05) is 11.6 Å². The van der Waals surface area contributed by atoms with E-state index in [1.165, 1.54) is 19.1 Å². The molecule has 0 saturated carbocycles. The summed E-state index contributed by atoms with van der Waals surface area (Å²) >= 11 is 0. The maximum absolute atomic E-state index is 13.1. The summed E-state index contributed by atoms with van der Waals surface area (Å²) in [5.41, 5.74) is 0.460. The van der Waals surface area contributed by atoms with Gasteiger partial charge in [-0.15, -0.1) is 6.58 Å². The Labute approximate surface area is 75.3 Å². The molecular weight excluding hydrogens is 174 g/mol. The van der Waals surface area contributed by atoms with Crippen LogP contribution in [0.25, 0.3) is 0 Å². The first-order valence-corrected chi connectivity index (χ1v) is 3.82. The van der Waals surface area contributed by atoms with Crippen molar-refractivity contribution in [3.05, 3.63) is 47.5 Å². The van der Waals surface area contributed by atoms with Gasteiger partial charge >= 0.3 is 0 Å². The molecule has 0 radical (unpaired) electrons. The van der Waals surface area contributed by atoms with Crippen molar-refractivity contribution in [3.63, 3.8) is 0 Å². The van der Waals surface area contributed by atoms with Gasteiger partial charge in [-0.1, -0.05) is 6.08 Å². The molecule has 0 bridgehead atoms. The molecular formula is C10H10F2O. The zero-order chi connectivity index (χ0) is 10.0. The SMILES string of the molecule is C=CC(O)c1c(C)cc(F)cc1F. The van der Waals surface area contributed by atoms with Gasteiger partial charge in [-0.2, -0.15) is 0 Å². The molecule has 1 aromatic rings. The van der Waals surface area contributed by atoms with Gasteiger partial charge in [0.2, 0.25) is 0 Å². The van der Waals surface area contributed by atoms with Gasteiger partial charge in [-0.25, -0.2) is 8.78 Å². The second kappa shape index (κ2) is 3.66. The van der Waals surface area contributed by atoms with Crippen LogP contribution < -0.4 is 0 Å². The van der Waals surface area contributed by atoms with E-state index in [0.29, 0.717) is 5.56 Å². The second-order valence-corrected chi connectivity index (χ2v) is 2.80. The lowest BCUT2D eigenvalue weighted by atomic mass is 10.0. The topological polar surface area (TPSA) is 20.2 Å². The summed E-state index contributed by atoms with van der Waals surface area (Å²) in [6, 6.07) is 1.92. The van der Waals surface area contributed by atoms with Crippen LogP contribution in [-0.2, 0) is 0 Å². The van der Waals surface area contributed by atoms with E-state index in [4.69, 9.17) is 0 Å². The molecule has 0 heterocycles. The van der Waals surface area contributed by atoms with Crippen molar-refractivity contribution in [3.8, 4) is 0 Å². The van der Waals surface area contributed by atoms with E-state index in [-0.39, 0.29) is 5.56 Å². The normalized spacial score (nSPS) is 12.6. The highest BCUT2D eigenvalue weighted by molar-refractivity contribution is 5.31. The molecule has 1 N–H and O–H groups in total. The molecule has 0 aliphatic carbocycles. The third kappa shape index (κ3) is 1.92. The van der Waals surface area contributed by atoms with E-state index >= 15 is 0 Å².